The molecule has 0 aliphatic carbocycles. The Hall–Kier alpha value is -3.15. The number of ether oxygens (including phenoxy) is 1. The van der Waals surface area contributed by atoms with E-state index in [-0.39, 0.29) is 30.6 Å². The number of nitrogens with one attached hydrogen (secondary N) is 1. The molecule has 0 radical (unpaired) electrons. The topological polar surface area (TPSA) is 75.7 Å². The van der Waals surface area contributed by atoms with Gasteiger partial charge in [0.05, 0.1) is 7.11 Å². The first-order chi connectivity index (χ1) is 13.4. The summed E-state index contributed by atoms with van der Waals surface area (Å²) in [5.41, 5.74) is 2.36. The lowest BCUT2D eigenvalue weighted by Crippen LogP contribution is -2.34. The van der Waals surface area contributed by atoms with Crippen LogP contribution in [-0.2, 0) is 16.0 Å². The summed E-state index contributed by atoms with van der Waals surface area (Å²) in [6, 6.07) is 14.5. The Balaban J connectivity index is 1.82. The van der Waals surface area contributed by atoms with E-state index in [9.17, 15) is 14.4 Å². The Bertz CT molecular complexity index is 813. The van der Waals surface area contributed by atoms with Gasteiger partial charge in [0.25, 0.3) is 0 Å². The minimum absolute atomic E-state index is 0.0304. The van der Waals surface area contributed by atoms with Gasteiger partial charge in [0, 0.05) is 37.7 Å². The molecule has 148 valence electrons. The number of carbonyl (C=O) groups excluding carboxylic acids is 3. The minimum atomic E-state index is -0.151. The van der Waals surface area contributed by atoms with Crippen molar-refractivity contribution in [2.24, 2.45) is 0 Å². The molecule has 6 nitrogen and oxygen atoms in total. The molecular weight excluding hydrogens is 356 g/mol. The molecule has 0 aliphatic heterocycles. The smallest absolute Gasteiger partial charge is 0.223 e. The molecule has 6 heteroatoms. The number of benzene rings is 2. The summed E-state index contributed by atoms with van der Waals surface area (Å²) in [7, 11) is 1.62. The number of hydrogen-bond acceptors (Lipinski definition) is 4. The third-order valence-corrected chi connectivity index (χ3v) is 4.42. The highest BCUT2D eigenvalue weighted by molar-refractivity contribution is 5.96. The average molecular weight is 382 g/mol. The van der Waals surface area contributed by atoms with Crippen LogP contribution in [0.4, 0.5) is 5.69 Å². The largest absolute Gasteiger partial charge is 0.497 e. The lowest BCUT2D eigenvalue weighted by atomic mass is 10.1. The molecule has 0 atom stereocenters. The van der Waals surface area contributed by atoms with E-state index in [2.05, 4.69) is 5.32 Å². The van der Waals surface area contributed by atoms with Crippen LogP contribution in [0, 0.1) is 0 Å². The Morgan fingerprint density at radius 1 is 0.964 bits per heavy atom. The van der Waals surface area contributed by atoms with Gasteiger partial charge in [-0.2, -0.15) is 0 Å². The number of carbonyl (C=O) groups is 3. The van der Waals surface area contributed by atoms with E-state index in [0.29, 0.717) is 17.8 Å². The second-order valence-corrected chi connectivity index (χ2v) is 6.47. The summed E-state index contributed by atoms with van der Waals surface area (Å²) in [6.07, 6.45) is 0.926. The van der Waals surface area contributed by atoms with Crippen LogP contribution in [0.15, 0.2) is 48.5 Å². The van der Waals surface area contributed by atoms with Gasteiger partial charge < -0.3 is 15.0 Å². The van der Waals surface area contributed by atoms with E-state index in [4.69, 9.17) is 4.74 Å². The highest BCUT2D eigenvalue weighted by Crippen LogP contribution is 2.16. The zero-order chi connectivity index (χ0) is 20.5. The number of rotatable bonds is 9. The summed E-state index contributed by atoms with van der Waals surface area (Å²) in [6.45, 7) is 3.76. The molecule has 0 saturated heterocycles. The summed E-state index contributed by atoms with van der Waals surface area (Å²) in [5.74, 6) is 0.507. The predicted molar refractivity (Wildman–Crippen MR) is 109 cm³/mol. The lowest BCUT2D eigenvalue weighted by Gasteiger charge is -2.21. The van der Waals surface area contributed by atoms with Crippen molar-refractivity contribution in [3.63, 3.8) is 0 Å². The molecule has 2 rings (SSSR count). The Labute approximate surface area is 165 Å². The fourth-order valence-electron chi connectivity index (χ4n) is 2.78. The second kappa shape index (κ2) is 10.3. The summed E-state index contributed by atoms with van der Waals surface area (Å²) in [4.78, 5) is 37.0. The summed E-state index contributed by atoms with van der Waals surface area (Å²) in [5, 5.41) is 2.88. The molecule has 2 amide bonds. The van der Waals surface area contributed by atoms with E-state index >= 15 is 0 Å². The number of anilines is 1. The number of amides is 2. The van der Waals surface area contributed by atoms with Gasteiger partial charge in [-0.05, 0) is 55.3 Å². The van der Waals surface area contributed by atoms with Crippen molar-refractivity contribution in [3.05, 3.63) is 59.7 Å². The van der Waals surface area contributed by atoms with Crippen molar-refractivity contribution < 1.29 is 19.1 Å². The molecule has 0 heterocycles. The van der Waals surface area contributed by atoms with Gasteiger partial charge in [-0.25, -0.2) is 0 Å². The standard InChI is InChI=1S/C22H26N2O4/c1-16(25)19-6-8-20(9-7-19)24(17(2)26)15-13-22(27)23-14-12-18-4-10-21(28-3)11-5-18/h4-11H,12-15H2,1-3H3,(H,23,27). The first kappa shape index (κ1) is 21.2. The molecule has 0 unspecified atom stereocenters. The number of hydrogen-bond donors (Lipinski definition) is 1. The van der Waals surface area contributed by atoms with Gasteiger partial charge in [-0.1, -0.05) is 12.1 Å². The van der Waals surface area contributed by atoms with E-state index < -0.39 is 0 Å². The van der Waals surface area contributed by atoms with E-state index in [1.807, 2.05) is 24.3 Å². The fraction of sp³-hybridized carbons (Fsp3) is 0.318. The zero-order valence-corrected chi connectivity index (χ0v) is 16.5. The van der Waals surface area contributed by atoms with Crippen LogP contribution in [-0.4, -0.2) is 37.8 Å². The van der Waals surface area contributed by atoms with Gasteiger partial charge in [-0.3, -0.25) is 14.4 Å². The van der Waals surface area contributed by atoms with E-state index in [1.54, 1.807) is 31.4 Å². The molecule has 0 fully saturated rings. The molecule has 0 bridgehead atoms. The Morgan fingerprint density at radius 3 is 2.14 bits per heavy atom. The molecule has 2 aromatic carbocycles. The van der Waals surface area contributed by atoms with Gasteiger partial charge in [0.15, 0.2) is 5.78 Å². The quantitative estimate of drug-likeness (QED) is 0.677. The first-order valence-corrected chi connectivity index (χ1v) is 9.19. The highest BCUT2D eigenvalue weighted by atomic mass is 16.5. The lowest BCUT2D eigenvalue weighted by molar-refractivity contribution is -0.121. The molecular formula is C22H26N2O4. The van der Waals surface area contributed by atoms with Gasteiger partial charge in [0.1, 0.15) is 5.75 Å². The zero-order valence-electron chi connectivity index (χ0n) is 16.5. The van der Waals surface area contributed by atoms with Gasteiger partial charge >= 0.3 is 0 Å². The number of methoxy groups -OCH3 is 1. The third kappa shape index (κ3) is 6.23. The maximum Gasteiger partial charge on any atom is 0.223 e. The molecule has 0 spiro atoms. The van der Waals surface area contributed by atoms with Crippen molar-refractivity contribution in [2.45, 2.75) is 26.7 Å². The third-order valence-electron chi connectivity index (χ3n) is 4.42. The van der Waals surface area contributed by atoms with Gasteiger partial charge in [-0.15, -0.1) is 0 Å². The van der Waals surface area contributed by atoms with Crippen molar-refractivity contribution in [1.82, 2.24) is 5.32 Å². The second-order valence-electron chi connectivity index (χ2n) is 6.47. The predicted octanol–water partition coefficient (Wildman–Crippen LogP) is 3.00. The van der Waals surface area contributed by atoms with Crippen LogP contribution in [0.1, 0.15) is 36.2 Å². The van der Waals surface area contributed by atoms with E-state index in [1.165, 1.54) is 18.7 Å². The molecule has 28 heavy (non-hydrogen) atoms. The van der Waals surface area contributed by atoms with Crippen LogP contribution < -0.4 is 15.0 Å². The average Bonchev–Trinajstić information content (AvgIpc) is 2.68. The van der Waals surface area contributed by atoms with Gasteiger partial charge in [0.2, 0.25) is 11.8 Å². The molecule has 1 N–H and O–H groups in total. The van der Waals surface area contributed by atoms with Crippen molar-refractivity contribution in [2.75, 3.05) is 25.1 Å². The maximum absolute atomic E-state index is 12.1. The first-order valence-electron chi connectivity index (χ1n) is 9.19. The number of ketones is 1. The van der Waals surface area contributed by atoms with Crippen molar-refractivity contribution in [3.8, 4) is 5.75 Å². The SMILES string of the molecule is COc1ccc(CCNC(=O)CCN(C(C)=O)c2ccc(C(C)=O)cc2)cc1. The van der Waals surface area contributed by atoms with Crippen LogP contribution >= 0.6 is 0 Å². The minimum Gasteiger partial charge on any atom is -0.497 e. The summed E-state index contributed by atoms with van der Waals surface area (Å²) < 4.78 is 5.12. The number of Topliss-reactive ketones (excluding diaryl/α,β-unsaturated/α-hetero) is 1. The highest BCUT2D eigenvalue weighted by Gasteiger charge is 2.14. The molecule has 2 aromatic rings. The Morgan fingerprint density at radius 2 is 1.61 bits per heavy atom. The van der Waals surface area contributed by atoms with Crippen LogP contribution in [0.3, 0.4) is 0 Å². The van der Waals surface area contributed by atoms with Crippen LogP contribution in [0.2, 0.25) is 0 Å². The van der Waals surface area contributed by atoms with Crippen LogP contribution in [0.25, 0.3) is 0 Å². The monoisotopic (exact) mass is 382 g/mol. The fourth-order valence-corrected chi connectivity index (χ4v) is 2.78. The Kier molecular flexibility index (Phi) is 7.75. The molecule has 0 aliphatic rings. The number of nitrogens with zero attached hydrogens (tertiary/aromatic N) is 1. The molecule has 0 saturated carbocycles. The maximum atomic E-state index is 12.1. The van der Waals surface area contributed by atoms with E-state index in [0.717, 1.165) is 17.7 Å². The van der Waals surface area contributed by atoms with Crippen molar-refractivity contribution >= 4 is 23.3 Å². The summed E-state index contributed by atoms with van der Waals surface area (Å²) >= 11 is 0. The normalized spacial score (nSPS) is 10.2. The van der Waals surface area contributed by atoms with Crippen LogP contribution in [0.5, 0.6) is 5.75 Å². The van der Waals surface area contributed by atoms with Crippen molar-refractivity contribution in [1.29, 1.82) is 0 Å². The molecule has 0 aromatic heterocycles.